The first-order chi connectivity index (χ1) is 14.3. The fraction of sp³-hybridized carbons (Fsp3) is 0.250. The molecule has 1 fully saturated rings. The Hall–Kier alpha value is -3.46. The van der Waals surface area contributed by atoms with Crippen molar-refractivity contribution in [2.75, 3.05) is 43.2 Å². The molecule has 0 atom stereocenters. The number of ether oxygens (including phenoxy) is 2. The lowest BCUT2D eigenvalue weighted by Crippen LogP contribution is -2.43. The smallest absolute Gasteiger partial charge is 0.231 e. The van der Waals surface area contributed by atoms with Crippen LogP contribution in [0.1, 0.15) is 0 Å². The molecular formula is C20H19FN6O2. The lowest BCUT2D eigenvalue weighted by atomic mass is 10.1. The van der Waals surface area contributed by atoms with Gasteiger partial charge in [-0.25, -0.2) is 19.3 Å². The summed E-state index contributed by atoms with van der Waals surface area (Å²) in [6.07, 6.45) is 2.96. The van der Waals surface area contributed by atoms with Gasteiger partial charge < -0.3 is 25.0 Å². The number of anilines is 3. The second-order valence-corrected chi connectivity index (χ2v) is 6.72. The minimum Gasteiger partial charge on any atom is -0.454 e. The summed E-state index contributed by atoms with van der Waals surface area (Å²) in [6, 6.07) is 9.05. The Labute approximate surface area is 166 Å². The maximum Gasteiger partial charge on any atom is 0.231 e. The first-order valence-corrected chi connectivity index (χ1v) is 9.37. The van der Waals surface area contributed by atoms with E-state index in [9.17, 15) is 4.39 Å². The maximum absolute atomic E-state index is 14.4. The average Bonchev–Trinajstić information content (AvgIpc) is 3.24. The second-order valence-electron chi connectivity index (χ2n) is 6.72. The predicted molar refractivity (Wildman–Crippen MR) is 106 cm³/mol. The van der Waals surface area contributed by atoms with E-state index in [-0.39, 0.29) is 18.4 Å². The van der Waals surface area contributed by atoms with Gasteiger partial charge in [-0.2, -0.15) is 0 Å². The number of nitrogens with zero attached hydrogens (tertiary/aromatic N) is 4. The third-order valence-electron chi connectivity index (χ3n) is 4.86. The summed E-state index contributed by atoms with van der Waals surface area (Å²) in [6.45, 7) is 3.99. The van der Waals surface area contributed by atoms with Crippen molar-refractivity contribution in [2.24, 2.45) is 0 Å². The van der Waals surface area contributed by atoms with Crippen molar-refractivity contribution in [3.8, 4) is 22.8 Å². The summed E-state index contributed by atoms with van der Waals surface area (Å²) >= 11 is 0. The molecule has 148 valence electrons. The minimum atomic E-state index is -0.517. The molecule has 2 aliphatic rings. The third kappa shape index (κ3) is 3.64. The van der Waals surface area contributed by atoms with E-state index in [1.807, 2.05) is 18.3 Å². The standard InChI is InChI=1S/C20H19FN6O2/c21-15-11-24-20(26-19(15)13-1-3-16-17(9-13)29-12-28-16)25-18-4-2-14(10-23-18)27-7-5-22-6-8-27/h1-4,9-11,22H,5-8,12H2,(H,23,24,25,26). The van der Waals surface area contributed by atoms with Crippen molar-refractivity contribution in [3.63, 3.8) is 0 Å². The molecule has 0 saturated carbocycles. The molecule has 0 aliphatic carbocycles. The number of pyridine rings is 1. The number of halogens is 1. The van der Waals surface area contributed by atoms with Gasteiger partial charge in [0.1, 0.15) is 11.5 Å². The molecule has 5 rings (SSSR count). The molecule has 0 radical (unpaired) electrons. The zero-order chi connectivity index (χ0) is 19.6. The van der Waals surface area contributed by atoms with Gasteiger partial charge in [0.25, 0.3) is 0 Å². The van der Waals surface area contributed by atoms with Crippen molar-refractivity contribution in [3.05, 3.63) is 48.5 Å². The molecule has 4 heterocycles. The Balaban J connectivity index is 1.36. The van der Waals surface area contributed by atoms with Crippen molar-refractivity contribution in [2.45, 2.75) is 0 Å². The van der Waals surface area contributed by atoms with Crippen LogP contribution < -0.4 is 25.0 Å². The molecule has 0 amide bonds. The molecule has 2 aromatic heterocycles. The summed E-state index contributed by atoms with van der Waals surface area (Å²) in [7, 11) is 0. The average molecular weight is 394 g/mol. The fourth-order valence-electron chi connectivity index (χ4n) is 3.36. The topological polar surface area (TPSA) is 84.4 Å². The van der Waals surface area contributed by atoms with E-state index < -0.39 is 5.82 Å². The number of aromatic nitrogens is 3. The number of nitrogens with one attached hydrogen (secondary N) is 2. The second kappa shape index (κ2) is 7.51. The van der Waals surface area contributed by atoms with Crippen LogP contribution in [-0.2, 0) is 0 Å². The molecule has 3 aromatic rings. The molecule has 2 N–H and O–H groups in total. The normalized spacial score (nSPS) is 15.4. The number of piperazine rings is 1. The van der Waals surface area contributed by atoms with Crippen LogP contribution in [0.3, 0.4) is 0 Å². The van der Waals surface area contributed by atoms with Gasteiger partial charge in [0.2, 0.25) is 12.7 Å². The quantitative estimate of drug-likeness (QED) is 0.699. The van der Waals surface area contributed by atoms with Gasteiger partial charge >= 0.3 is 0 Å². The number of rotatable bonds is 4. The molecule has 8 nitrogen and oxygen atoms in total. The van der Waals surface area contributed by atoms with E-state index in [1.54, 1.807) is 18.2 Å². The van der Waals surface area contributed by atoms with Crippen molar-refractivity contribution >= 4 is 17.5 Å². The van der Waals surface area contributed by atoms with Crippen LogP contribution in [0.4, 0.5) is 21.8 Å². The Morgan fingerprint density at radius 1 is 1.00 bits per heavy atom. The van der Waals surface area contributed by atoms with Crippen molar-refractivity contribution < 1.29 is 13.9 Å². The molecule has 29 heavy (non-hydrogen) atoms. The highest BCUT2D eigenvalue weighted by atomic mass is 19.1. The fourth-order valence-corrected chi connectivity index (χ4v) is 3.36. The summed E-state index contributed by atoms with van der Waals surface area (Å²) in [5, 5.41) is 6.37. The molecule has 1 saturated heterocycles. The summed E-state index contributed by atoms with van der Waals surface area (Å²) in [4.78, 5) is 15.1. The zero-order valence-electron chi connectivity index (χ0n) is 15.6. The van der Waals surface area contributed by atoms with E-state index in [0.717, 1.165) is 38.1 Å². The van der Waals surface area contributed by atoms with Crippen LogP contribution in [0, 0.1) is 5.82 Å². The molecule has 2 aliphatic heterocycles. The highest BCUT2D eigenvalue weighted by Gasteiger charge is 2.17. The van der Waals surface area contributed by atoms with Gasteiger partial charge in [-0.1, -0.05) is 0 Å². The molecule has 1 aromatic carbocycles. The lowest BCUT2D eigenvalue weighted by Gasteiger charge is -2.29. The van der Waals surface area contributed by atoms with Gasteiger partial charge in [0, 0.05) is 31.7 Å². The van der Waals surface area contributed by atoms with Gasteiger partial charge in [-0.3, -0.25) is 0 Å². The monoisotopic (exact) mass is 394 g/mol. The largest absolute Gasteiger partial charge is 0.454 e. The SMILES string of the molecule is Fc1cnc(Nc2ccc(N3CCNCC3)cn2)nc1-c1ccc2c(c1)OCO2. The predicted octanol–water partition coefficient (Wildman–Crippen LogP) is 2.56. The summed E-state index contributed by atoms with van der Waals surface area (Å²) < 4.78 is 25.0. The van der Waals surface area contributed by atoms with E-state index in [1.165, 1.54) is 0 Å². The maximum atomic E-state index is 14.4. The number of benzene rings is 1. The highest BCUT2D eigenvalue weighted by Crippen LogP contribution is 2.36. The molecule has 0 spiro atoms. The molecule has 9 heteroatoms. The summed E-state index contributed by atoms with van der Waals surface area (Å²) in [5.74, 6) is 1.54. The first kappa shape index (κ1) is 17.6. The first-order valence-electron chi connectivity index (χ1n) is 9.37. The Bertz CT molecular complexity index is 1020. The van der Waals surface area contributed by atoms with Crippen LogP contribution in [0.2, 0.25) is 0 Å². The van der Waals surface area contributed by atoms with Gasteiger partial charge in [-0.15, -0.1) is 0 Å². The van der Waals surface area contributed by atoms with E-state index in [4.69, 9.17) is 9.47 Å². The third-order valence-corrected chi connectivity index (χ3v) is 4.86. The van der Waals surface area contributed by atoms with Gasteiger partial charge in [-0.05, 0) is 30.3 Å². The van der Waals surface area contributed by atoms with Crippen LogP contribution >= 0.6 is 0 Å². The Morgan fingerprint density at radius 3 is 2.69 bits per heavy atom. The number of hydrogen-bond donors (Lipinski definition) is 2. The lowest BCUT2D eigenvalue weighted by molar-refractivity contribution is 0.174. The highest BCUT2D eigenvalue weighted by molar-refractivity contribution is 5.66. The van der Waals surface area contributed by atoms with Crippen LogP contribution in [0.25, 0.3) is 11.3 Å². The minimum absolute atomic E-state index is 0.160. The van der Waals surface area contributed by atoms with Crippen molar-refractivity contribution in [1.29, 1.82) is 0 Å². The van der Waals surface area contributed by atoms with Crippen molar-refractivity contribution in [1.82, 2.24) is 20.3 Å². The Kier molecular flexibility index (Phi) is 4.57. The number of hydrogen-bond acceptors (Lipinski definition) is 8. The van der Waals surface area contributed by atoms with Gasteiger partial charge in [0.05, 0.1) is 18.1 Å². The van der Waals surface area contributed by atoms with Crippen LogP contribution in [0.5, 0.6) is 11.5 Å². The molecule has 0 unspecified atom stereocenters. The van der Waals surface area contributed by atoms with Gasteiger partial charge in [0.15, 0.2) is 17.3 Å². The van der Waals surface area contributed by atoms with Crippen LogP contribution in [0.15, 0.2) is 42.7 Å². The van der Waals surface area contributed by atoms with E-state index in [0.29, 0.717) is 22.9 Å². The number of fused-ring (bicyclic) bond motifs is 1. The summed E-state index contributed by atoms with van der Waals surface area (Å²) in [5.41, 5.74) is 1.83. The zero-order valence-corrected chi connectivity index (χ0v) is 15.6. The van der Waals surface area contributed by atoms with E-state index >= 15 is 0 Å². The van der Waals surface area contributed by atoms with E-state index in [2.05, 4.69) is 30.5 Å². The molecular weight excluding hydrogens is 375 g/mol. The molecule has 0 bridgehead atoms. The van der Waals surface area contributed by atoms with Crippen LogP contribution in [-0.4, -0.2) is 47.9 Å². The Morgan fingerprint density at radius 2 is 1.86 bits per heavy atom.